The van der Waals surface area contributed by atoms with Gasteiger partial charge in [-0.05, 0) is 19.0 Å². The molecule has 0 spiro atoms. The van der Waals surface area contributed by atoms with Crippen LogP contribution < -0.4 is 10.1 Å². The van der Waals surface area contributed by atoms with Crippen LogP contribution in [0.15, 0.2) is 24.5 Å². The van der Waals surface area contributed by atoms with Crippen molar-refractivity contribution in [2.24, 2.45) is 0 Å². The minimum Gasteiger partial charge on any atom is -0.497 e. The lowest BCUT2D eigenvalue weighted by atomic mass is 10.1. The van der Waals surface area contributed by atoms with Crippen molar-refractivity contribution in [3.63, 3.8) is 0 Å². The highest BCUT2D eigenvalue weighted by atomic mass is 16.5. The lowest BCUT2D eigenvalue weighted by Gasteiger charge is -2.01. The molecule has 4 nitrogen and oxygen atoms in total. The molecule has 1 saturated heterocycles. The van der Waals surface area contributed by atoms with Gasteiger partial charge in [0.2, 0.25) is 0 Å². The van der Waals surface area contributed by atoms with Crippen molar-refractivity contribution >= 4 is 5.65 Å². The fraction of sp³-hybridized carbons (Fsp3) is 0.417. The molecule has 0 amide bonds. The van der Waals surface area contributed by atoms with E-state index in [2.05, 4.69) is 20.9 Å². The maximum Gasteiger partial charge on any atom is 0.140 e. The third-order valence-corrected chi connectivity index (χ3v) is 3.16. The van der Waals surface area contributed by atoms with Gasteiger partial charge in [0.1, 0.15) is 11.4 Å². The summed E-state index contributed by atoms with van der Waals surface area (Å²) in [6, 6.07) is 3.91. The summed E-state index contributed by atoms with van der Waals surface area (Å²) in [6.45, 7) is 2.14. The highest BCUT2D eigenvalue weighted by Gasteiger charge is 2.19. The van der Waals surface area contributed by atoms with Crippen LogP contribution in [0.25, 0.3) is 5.65 Å². The number of nitrogens with zero attached hydrogens (tertiary/aromatic N) is 2. The molecule has 1 atom stereocenters. The fourth-order valence-electron chi connectivity index (χ4n) is 2.21. The maximum atomic E-state index is 5.19. The molecule has 1 aliphatic rings. The first-order valence-electron chi connectivity index (χ1n) is 5.60. The van der Waals surface area contributed by atoms with E-state index >= 15 is 0 Å². The van der Waals surface area contributed by atoms with Crippen LogP contribution in [0.1, 0.15) is 18.0 Å². The number of imidazole rings is 1. The van der Waals surface area contributed by atoms with Gasteiger partial charge in [-0.2, -0.15) is 0 Å². The molecule has 0 aliphatic carbocycles. The molecule has 1 unspecified atom stereocenters. The fourth-order valence-corrected chi connectivity index (χ4v) is 2.21. The molecule has 1 N–H and O–H groups in total. The molecular formula is C12H15N3O. The summed E-state index contributed by atoms with van der Waals surface area (Å²) < 4.78 is 7.24. The monoisotopic (exact) mass is 217 g/mol. The van der Waals surface area contributed by atoms with Crippen LogP contribution in [0.3, 0.4) is 0 Å². The molecule has 4 heteroatoms. The van der Waals surface area contributed by atoms with Gasteiger partial charge in [-0.15, -0.1) is 0 Å². The molecule has 84 valence electrons. The average Bonchev–Trinajstić information content (AvgIpc) is 2.96. The van der Waals surface area contributed by atoms with Crippen LogP contribution in [-0.4, -0.2) is 29.6 Å². The number of hydrogen-bond acceptors (Lipinski definition) is 3. The Labute approximate surface area is 94.3 Å². The largest absolute Gasteiger partial charge is 0.497 e. The normalized spacial score (nSPS) is 20.4. The topological polar surface area (TPSA) is 38.6 Å². The molecule has 3 rings (SSSR count). The Balaban J connectivity index is 2.01. The van der Waals surface area contributed by atoms with Gasteiger partial charge in [-0.3, -0.25) is 0 Å². The maximum absolute atomic E-state index is 5.19. The lowest BCUT2D eigenvalue weighted by Crippen LogP contribution is -2.07. The first-order chi connectivity index (χ1) is 7.86. The molecule has 3 heterocycles. The van der Waals surface area contributed by atoms with Crippen LogP contribution in [0.4, 0.5) is 0 Å². The minimum atomic E-state index is 0.561. The van der Waals surface area contributed by atoms with Gasteiger partial charge < -0.3 is 14.5 Å². The molecule has 0 saturated carbocycles. The first kappa shape index (κ1) is 9.66. The number of fused-ring (bicyclic) bond motifs is 1. The summed E-state index contributed by atoms with van der Waals surface area (Å²) in [5.74, 6) is 1.42. The quantitative estimate of drug-likeness (QED) is 0.826. The number of aromatic nitrogens is 2. The van der Waals surface area contributed by atoms with E-state index in [0.29, 0.717) is 5.92 Å². The van der Waals surface area contributed by atoms with Crippen LogP contribution in [0, 0.1) is 0 Å². The van der Waals surface area contributed by atoms with Crippen LogP contribution in [0.5, 0.6) is 5.75 Å². The van der Waals surface area contributed by atoms with E-state index in [4.69, 9.17) is 4.74 Å². The molecule has 1 fully saturated rings. The predicted molar refractivity (Wildman–Crippen MR) is 62.0 cm³/mol. The Morgan fingerprint density at radius 1 is 1.56 bits per heavy atom. The van der Waals surface area contributed by atoms with Gasteiger partial charge in [-0.1, -0.05) is 0 Å². The molecular weight excluding hydrogens is 202 g/mol. The number of nitrogens with one attached hydrogen (secondary N) is 1. The Bertz CT molecular complexity index is 500. The number of methoxy groups -OCH3 is 1. The van der Waals surface area contributed by atoms with E-state index in [-0.39, 0.29) is 0 Å². The minimum absolute atomic E-state index is 0.561. The van der Waals surface area contributed by atoms with E-state index < -0.39 is 0 Å². The molecule has 16 heavy (non-hydrogen) atoms. The van der Waals surface area contributed by atoms with Gasteiger partial charge in [0.25, 0.3) is 0 Å². The number of rotatable bonds is 2. The first-order valence-corrected chi connectivity index (χ1v) is 5.60. The van der Waals surface area contributed by atoms with E-state index in [1.165, 1.54) is 12.1 Å². The third kappa shape index (κ3) is 1.55. The average molecular weight is 217 g/mol. The zero-order valence-corrected chi connectivity index (χ0v) is 9.31. The Kier molecular flexibility index (Phi) is 2.29. The van der Waals surface area contributed by atoms with Gasteiger partial charge >= 0.3 is 0 Å². The van der Waals surface area contributed by atoms with Crippen LogP contribution >= 0.6 is 0 Å². The van der Waals surface area contributed by atoms with Crippen molar-refractivity contribution in [3.05, 3.63) is 30.2 Å². The van der Waals surface area contributed by atoms with Crippen molar-refractivity contribution in [2.45, 2.75) is 12.3 Å². The Hall–Kier alpha value is -1.55. The van der Waals surface area contributed by atoms with E-state index in [9.17, 15) is 0 Å². The van der Waals surface area contributed by atoms with Crippen molar-refractivity contribution < 1.29 is 4.74 Å². The van der Waals surface area contributed by atoms with Gasteiger partial charge in [0.05, 0.1) is 12.8 Å². The molecule has 0 radical (unpaired) electrons. The highest BCUT2D eigenvalue weighted by Crippen LogP contribution is 2.23. The SMILES string of the molecule is COc1ccn2cc(C3CCNC3)nc2c1. The van der Waals surface area contributed by atoms with Crippen molar-refractivity contribution in [3.8, 4) is 5.75 Å². The smallest absolute Gasteiger partial charge is 0.140 e. The van der Waals surface area contributed by atoms with Crippen LogP contribution in [-0.2, 0) is 0 Å². The number of hydrogen-bond donors (Lipinski definition) is 1. The summed E-state index contributed by atoms with van der Waals surface area (Å²) in [4.78, 5) is 4.65. The van der Waals surface area contributed by atoms with Gasteiger partial charge in [0, 0.05) is 30.9 Å². The summed E-state index contributed by atoms with van der Waals surface area (Å²) in [6.07, 6.45) is 5.29. The van der Waals surface area contributed by atoms with E-state index in [1.807, 2.05) is 18.3 Å². The van der Waals surface area contributed by atoms with Crippen molar-refractivity contribution in [2.75, 3.05) is 20.2 Å². The van der Waals surface area contributed by atoms with E-state index in [1.54, 1.807) is 7.11 Å². The summed E-state index contributed by atoms with van der Waals surface area (Å²) in [5.41, 5.74) is 2.14. The summed E-state index contributed by atoms with van der Waals surface area (Å²) in [7, 11) is 1.68. The predicted octanol–water partition coefficient (Wildman–Crippen LogP) is 1.42. The lowest BCUT2D eigenvalue weighted by molar-refractivity contribution is 0.414. The summed E-state index contributed by atoms with van der Waals surface area (Å²) in [5, 5.41) is 3.36. The molecule has 2 aromatic rings. The standard InChI is InChI=1S/C12H15N3O/c1-16-10-3-5-15-8-11(14-12(15)6-10)9-2-4-13-7-9/h3,5-6,8-9,13H,2,4,7H2,1H3. The second-order valence-electron chi connectivity index (χ2n) is 4.19. The second-order valence-corrected chi connectivity index (χ2v) is 4.19. The molecule has 0 aromatic carbocycles. The van der Waals surface area contributed by atoms with Crippen LogP contribution in [0.2, 0.25) is 0 Å². The van der Waals surface area contributed by atoms with Crippen molar-refractivity contribution in [1.29, 1.82) is 0 Å². The Morgan fingerprint density at radius 3 is 3.25 bits per heavy atom. The van der Waals surface area contributed by atoms with Gasteiger partial charge in [0.15, 0.2) is 0 Å². The molecule has 0 bridgehead atoms. The zero-order valence-electron chi connectivity index (χ0n) is 9.31. The molecule has 1 aliphatic heterocycles. The third-order valence-electron chi connectivity index (χ3n) is 3.16. The zero-order chi connectivity index (χ0) is 11.0. The van der Waals surface area contributed by atoms with E-state index in [0.717, 1.165) is 24.5 Å². The summed E-state index contributed by atoms with van der Waals surface area (Å²) >= 11 is 0. The number of ether oxygens (including phenoxy) is 1. The Morgan fingerprint density at radius 2 is 2.50 bits per heavy atom. The second kappa shape index (κ2) is 3.79. The highest BCUT2D eigenvalue weighted by molar-refractivity contribution is 5.46. The van der Waals surface area contributed by atoms with Gasteiger partial charge in [-0.25, -0.2) is 4.98 Å². The van der Waals surface area contributed by atoms with Crippen molar-refractivity contribution in [1.82, 2.24) is 14.7 Å². The number of pyridine rings is 1. The molecule has 2 aromatic heterocycles.